The lowest BCUT2D eigenvalue weighted by atomic mass is 10.1. The Kier molecular flexibility index (Phi) is 4.54. The quantitative estimate of drug-likeness (QED) is 0.462. The van der Waals surface area contributed by atoms with Gasteiger partial charge in [0.05, 0.1) is 37.9 Å². The Morgan fingerprint density at radius 3 is 1.66 bits per heavy atom. The Balaban J connectivity index is 2.33. The molecule has 0 radical (unpaired) electrons. The number of nitro groups is 3. The summed E-state index contributed by atoms with van der Waals surface area (Å²) in [4.78, 5) is 37.0. The van der Waals surface area contributed by atoms with E-state index in [1.807, 2.05) is 0 Å². The second-order valence-electron chi connectivity index (χ2n) is 5.57. The third-order valence-corrected chi connectivity index (χ3v) is 3.77. The minimum atomic E-state index is -5.02. The largest absolute Gasteiger partial charge is 0.435 e. The van der Waals surface area contributed by atoms with E-state index in [1.54, 1.807) is 0 Å². The van der Waals surface area contributed by atoms with Crippen molar-refractivity contribution in [3.05, 3.63) is 72.4 Å². The summed E-state index contributed by atoms with van der Waals surface area (Å²) in [7, 11) is 0. The molecule has 29 heavy (non-hydrogen) atoms. The van der Waals surface area contributed by atoms with Crippen molar-refractivity contribution >= 4 is 28.1 Å². The first-order valence-corrected chi connectivity index (χ1v) is 7.45. The molecule has 0 spiro atoms. The van der Waals surface area contributed by atoms with Crippen LogP contribution in [-0.4, -0.2) is 24.7 Å². The molecule has 0 fully saturated rings. The van der Waals surface area contributed by atoms with Crippen LogP contribution in [0.4, 0.5) is 30.2 Å². The van der Waals surface area contributed by atoms with Crippen molar-refractivity contribution in [1.29, 1.82) is 0 Å². The Labute approximate surface area is 156 Å². The average molecular weight is 409 g/mol. The third kappa shape index (κ3) is 3.62. The van der Waals surface area contributed by atoms with E-state index in [0.717, 1.165) is 24.3 Å². The molecule has 11 nitrogen and oxygen atoms in total. The molecule has 0 amide bonds. The second-order valence-corrected chi connectivity index (χ2v) is 5.57. The molecule has 0 saturated heterocycles. The maximum atomic E-state index is 13.5. The summed E-state index contributed by atoms with van der Waals surface area (Å²) in [5.41, 5.74) is -5.74. The number of alkyl halides is 3. The van der Waals surface area contributed by atoms with Crippen molar-refractivity contribution in [2.75, 3.05) is 0 Å². The van der Waals surface area contributed by atoms with Gasteiger partial charge in [-0.3, -0.25) is 30.3 Å². The number of hydrogen-bond donors (Lipinski definition) is 0. The number of hydrogen-bond acceptors (Lipinski definition) is 8. The first-order valence-electron chi connectivity index (χ1n) is 7.45. The number of aromatic nitrogens is 2. The molecule has 2 aromatic carbocycles. The van der Waals surface area contributed by atoms with Crippen LogP contribution < -0.4 is 0 Å². The Hall–Kier alpha value is -4.23. The highest BCUT2D eigenvalue weighted by Gasteiger charge is 2.38. The minimum Gasteiger partial charge on any atom is -0.258 e. The maximum Gasteiger partial charge on any atom is 0.435 e. The lowest BCUT2D eigenvalue weighted by Crippen LogP contribution is -2.12. The first-order chi connectivity index (χ1) is 13.5. The summed E-state index contributed by atoms with van der Waals surface area (Å²) in [5, 5.41) is 32.8. The summed E-state index contributed by atoms with van der Waals surface area (Å²) in [6, 6.07) is 5.14. The standard InChI is InChI=1S/C15H6F3N5O6/c16-15(17,18)14-13(7-1-3-8(4-2-7)21(24)25)19-9-5-11(22(26)27)12(23(28)29)6-10(9)20-14/h1-6H. The smallest absolute Gasteiger partial charge is 0.258 e. The van der Waals surface area contributed by atoms with Gasteiger partial charge in [0.1, 0.15) is 5.69 Å². The van der Waals surface area contributed by atoms with Gasteiger partial charge < -0.3 is 0 Å². The van der Waals surface area contributed by atoms with E-state index in [-0.39, 0.29) is 16.8 Å². The molecule has 0 bridgehead atoms. The number of fused-ring (bicyclic) bond motifs is 1. The van der Waals surface area contributed by atoms with E-state index >= 15 is 0 Å². The number of nitro benzene ring substituents is 3. The molecule has 0 N–H and O–H groups in total. The molecule has 3 rings (SSSR count). The van der Waals surface area contributed by atoms with Crippen molar-refractivity contribution in [1.82, 2.24) is 9.97 Å². The molecule has 0 aliphatic rings. The number of rotatable bonds is 4. The summed E-state index contributed by atoms with van der Waals surface area (Å²) >= 11 is 0. The molecule has 0 atom stereocenters. The van der Waals surface area contributed by atoms with Gasteiger partial charge in [-0.15, -0.1) is 0 Å². The molecule has 0 unspecified atom stereocenters. The molecule has 1 heterocycles. The van der Waals surface area contributed by atoms with Gasteiger partial charge in [-0.2, -0.15) is 13.2 Å². The SMILES string of the molecule is O=[N+]([O-])c1ccc(-c2nc3cc([N+](=O)[O-])c([N+](=O)[O-])cc3nc2C(F)(F)F)cc1. The van der Waals surface area contributed by atoms with Crippen molar-refractivity contribution in [3.8, 4) is 11.3 Å². The van der Waals surface area contributed by atoms with Crippen LogP contribution in [0.15, 0.2) is 36.4 Å². The van der Waals surface area contributed by atoms with E-state index in [4.69, 9.17) is 0 Å². The molecule has 0 aliphatic heterocycles. The predicted molar refractivity (Wildman–Crippen MR) is 89.9 cm³/mol. The van der Waals surface area contributed by atoms with Crippen LogP contribution >= 0.6 is 0 Å². The van der Waals surface area contributed by atoms with E-state index < -0.39 is 49.2 Å². The fraction of sp³-hybridized carbons (Fsp3) is 0.0667. The highest BCUT2D eigenvalue weighted by Crippen LogP contribution is 2.38. The molecular formula is C15H6F3N5O6. The van der Waals surface area contributed by atoms with Crippen molar-refractivity contribution in [3.63, 3.8) is 0 Å². The minimum absolute atomic E-state index is 0.182. The Morgan fingerprint density at radius 1 is 0.759 bits per heavy atom. The van der Waals surface area contributed by atoms with Gasteiger partial charge >= 0.3 is 17.6 Å². The van der Waals surface area contributed by atoms with E-state index in [0.29, 0.717) is 12.1 Å². The van der Waals surface area contributed by atoms with E-state index in [2.05, 4.69) is 9.97 Å². The van der Waals surface area contributed by atoms with Crippen LogP contribution in [0.3, 0.4) is 0 Å². The summed E-state index contributed by atoms with van der Waals surface area (Å²) in [6.45, 7) is 0. The van der Waals surface area contributed by atoms with Crippen LogP contribution in [0.1, 0.15) is 5.69 Å². The molecule has 1 aromatic heterocycles. The van der Waals surface area contributed by atoms with Crippen LogP contribution in [0.5, 0.6) is 0 Å². The van der Waals surface area contributed by atoms with E-state index in [1.165, 1.54) is 0 Å². The van der Waals surface area contributed by atoms with Crippen LogP contribution in [0, 0.1) is 30.3 Å². The number of benzene rings is 2. The molecule has 14 heteroatoms. The molecule has 0 saturated carbocycles. The van der Waals surface area contributed by atoms with Crippen molar-refractivity contribution in [2.45, 2.75) is 6.18 Å². The summed E-state index contributed by atoms with van der Waals surface area (Å²) in [6.07, 6.45) is -5.02. The highest BCUT2D eigenvalue weighted by molar-refractivity contribution is 5.84. The van der Waals surface area contributed by atoms with Crippen LogP contribution in [-0.2, 0) is 6.18 Å². The zero-order valence-corrected chi connectivity index (χ0v) is 13.8. The van der Waals surface area contributed by atoms with Gasteiger partial charge in [0.2, 0.25) is 0 Å². The fourth-order valence-corrected chi connectivity index (χ4v) is 2.51. The van der Waals surface area contributed by atoms with Gasteiger partial charge in [0.25, 0.3) is 5.69 Å². The van der Waals surface area contributed by atoms with Crippen LogP contribution in [0.25, 0.3) is 22.3 Å². The molecule has 148 valence electrons. The lowest BCUT2D eigenvalue weighted by molar-refractivity contribution is -0.422. The topological polar surface area (TPSA) is 155 Å². The van der Waals surface area contributed by atoms with Gasteiger partial charge in [0.15, 0.2) is 5.69 Å². The van der Waals surface area contributed by atoms with Crippen molar-refractivity contribution in [2.24, 2.45) is 0 Å². The van der Waals surface area contributed by atoms with Gasteiger partial charge in [0, 0.05) is 17.7 Å². The van der Waals surface area contributed by atoms with Gasteiger partial charge in [-0.05, 0) is 12.1 Å². The van der Waals surface area contributed by atoms with Crippen LogP contribution in [0.2, 0.25) is 0 Å². The highest BCUT2D eigenvalue weighted by atomic mass is 19.4. The van der Waals surface area contributed by atoms with Gasteiger partial charge in [-0.25, -0.2) is 9.97 Å². The zero-order valence-electron chi connectivity index (χ0n) is 13.8. The molecule has 0 aliphatic carbocycles. The van der Waals surface area contributed by atoms with E-state index in [9.17, 15) is 43.5 Å². The molecule has 3 aromatic rings. The van der Waals surface area contributed by atoms with Gasteiger partial charge in [-0.1, -0.05) is 0 Å². The second kappa shape index (κ2) is 6.74. The molecular weight excluding hydrogens is 403 g/mol. The predicted octanol–water partition coefficient (Wildman–Crippen LogP) is 4.04. The lowest BCUT2D eigenvalue weighted by Gasteiger charge is -2.12. The number of halogens is 3. The van der Waals surface area contributed by atoms with Crippen molar-refractivity contribution < 1.29 is 27.9 Å². The Morgan fingerprint density at radius 2 is 1.24 bits per heavy atom. The normalized spacial score (nSPS) is 11.4. The summed E-state index contributed by atoms with van der Waals surface area (Å²) in [5.74, 6) is 0. The average Bonchev–Trinajstić information content (AvgIpc) is 2.65. The zero-order chi connectivity index (χ0) is 21.5. The maximum absolute atomic E-state index is 13.5. The monoisotopic (exact) mass is 409 g/mol. The third-order valence-electron chi connectivity index (χ3n) is 3.77. The fourth-order valence-electron chi connectivity index (χ4n) is 2.51. The number of non-ortho nitro benzene ring substituents is 1. The summed E-state index contributed by atoms with van der Waals surface area (Å²) < 4.78 is 40.4. The number of nitrogens with zero attached hydrogens (tertiary/aromatic N) is 5. The Bertz CT molecular complexity index is 1180. The first kappa shape index (κ1) is 19.5.